The van der Waals surface area contributed by atoms with Crippen molar-refractivity contribution in [1.29, 1.82) is 0 Å². The molecule has 1 saturated heterocycles. The summed E-state index contributed by atoms with van der Waals surface area (Å²) in [5, 5.41) is 0. The van der Waals surface area contributed by atoms with Crippen molar-refractivity contribution < 1.29 is 23.7 Å². The van der Waals surface area contributed by atoms with E-state index in [0.717, 1.165) is 53.5 Å². The molecule has 3 rings (SSSR count). The Balaban J connectivity index is 1.76. The fourth-order valence-electron chi connectivity index (χ4n) is 3.95. The van der Waals surface area contributed by atoms with Crippen LogP contribution in [0.1, 0.15) is 36.4 Å². The first-order valence-corrected chi connectivity index (χ1v) is 9.83. The quantitative estimate of drug-likeness (QED) is 0.671. The van der Waals surface area contributed by atoms with Crippen LogP contribution in [0.5, 0.6) is 23.0 Å². The Kier molecular flexibility index (Phi) is 6.86. The van der Waals surface area contributed by atoms with E-state index in [4.69, 9.17) is 18.9 Å². The summed E-state index contributed by atoms with van der Waals surface area (Å²) >= 11 is 0. The third kappa shape index (κ3) is 4.58. The van der Waals surface area contributed by atoms with Gasteiger partial charge in [-0.15, -0.1) is 0 Å². The maximum Gasteiger partial charge on any atom is 0.223 e. The lowest BCUT2D eigenvalue weighted by Crippen LogP contribution is -2.31. The van der Waals surface area contributed by atoms with Gasteiger partial charge in [0.25, 0.3) is 0 Å². The van der Waals surface area contributed by atoms with E-state index < -0.39 is 0 Å². The number of hydrogen-bond donors (Lipinski definition) is 0. The largest absolute Gasteiger partial charge is 0.497 e. The highest BCUT2D eigenvalue weighted by Gasteiger charge is 2.32. The van der Waals surface area contributed by atoms with Crippen LogP contribution in [0.4, 0.5) is 0 Å². The van der Waals surface area contributed by atoms with E-state index in [1.807, 2.05) is 41.3 Å². The predicted octanol–water partition coefficient (Wildman–Crippen LogP) is 4.02. The molecule has 0 radical (unpaired) electrons. The number of benzene rings is 2. The Hall–Kier alpha value is -2.89. The lowest BCUT2D eigenvalue weighted by molar-refractivity contribution is -0.132. The number of hydrogen-bond acceptors (Lipinski definition) is 5. The Morgan fingerprint density at radius 1 is 0.931 bits per heavy atom. The lowest BCUT2D eigenvalue weighted by Gasteiger charge is -2.27. The molecule has 0 bridgehead atoms. The second-order valence-electron chi connectivity index (χ2n) is 7.03. The minimum Gasteiger partial charge on any atom is -0.497 e. The number of aryl methyl sites for hydroxylation is 1. The Labute approximate surface area is 172 Å². The van der Waals surface area contributed by atoms with Gasteiger partial charge in [0, 0.05) is 18.5 Å². The summed E-state index contributed by atoms with van der Waals surface area (Å²) in [5.74, 6) is 3.20. The van der Waals surface area contributed by atoms with Gasteiger partial charge in [0.1, 0.15) is 23.0 Å². The molecule has 0 spiro atoms. The molecule has 0 saturated carbocycles. The zero-order chi connectivity index (χ0) is 20.8. The van der Waals surface area contributed by atoms with E-state index in [1.165, 1.54) is 0 Å². The van der Waals surface area contributed by atoms with Crippen molar-refractivity contribution in [2.24, 2.45) is 0 Å². The molecule has 1 atom stereocenters. The molecule has 6 nitrogen and oxygen atoms in total. The lowest BCUT2D eigenvalue weighted by atomic mass is 10.0. The van der Waals surface area contributed by atoms with E-state index in [1.54, 1.807) is 28.4 Å². The van der Waals surface area contributed by atoms with Crippen LogP contribution in [-0.4, -0.2) is 45.8 Å². The van der Waals surface area contributed by atoms with E-state index >= 15 is 0 Å². The second-order valence-corrected chi connectivity index (χ2v) is 7.03. The molecule has 1 aliphatic heterocycles. The van der Waals surface area contributed by atoms with Crippen LogP contribution < -0.4 is 18.9 Å². The monoisotopic (exact) mass is 399 g/mol. The highest BCUT2D eigenvalue weighted by atomic mass is 16.5. The van der Waals surface area contributed by atoms with Crippen LogP contribution in [0.15, 0.2) is 36.4 Å². The van der Waals surface area contributed by atoms with Crippen LogP contribution in [0.25, 0.3) is 0 Å². The molecular formula is C23H29NO5. The third-order valence-corrected chi connectivity index (χ3v) is 5.46. The molecule has 2 aromatic carbocycles. The van der Waals surface area contributed by atoms with E-state index in [9.17, 15) is 4.79 Å². The van der Waals surface area contributed by atoms with Crippen LogP contribution in [-0.2, 0) is 11.2 Å². The van der Waals surface area contributed by atoms with Gasteiger partial charge >= 0.3 is 0 Å². The zero-order valence-electron chi connectivity index (χ0n) is 17.6. The molecule has 0 N–H and O–H groups in total. The van der Waals surface area contributed by atoms with Crippen molar-refractivity contribution in [3.05, 3.63) is 47.5 Å². The molecule has 2 aromatic rings. The van der Waals surface area contributed by atoms with Crippen LogP contribution in [0, 0.1) is 0 Å². The minimum absolute atomic E-state index is 0.000227. The molecule has 6 heteroatoms. The first-order chi connectivity index (χ1) is 14.1. The van der Waals surface area contributed by atoms with Gasteiger partial charge < -0.3 is 23.8 Å². The summed E-state index contributed by atoms with van der Waals surface area (Å²) in [7, 11) is 6.57. The molecule has 1 aliphatic rings. The van der Waals surface area contributed by atoms with Crippen LogP contribution >= 0.6 is 0 Å². The average molecular weight is 399 g/mol. The molecule has 1 fully saturated rings. The number of methoxy groups -OCH3 is 4. The summed E-state index contributed by atoms with van der Waals surface area (Å²) in [6.45, 7) is 0.749. The summed E-state index contributed by atoms with van der Waals surface area (Å²) in [5.41, 5.74) is 1.96. The van der Waals surface area contributed by atoms with Crippen LogP contribution in [0.2, 0.25) is 0 Å². The second kappa shape index (κ2) is 9.54. The van der Waals surface area contributed by atoms with Crippen molar-refractivity contribution in [3.63, 3.8) is 0 Å². The number of ether oxygens (including phenoxy) is 4. The van der Waals surface area contributed by atoms with Gasteiger partial charge in [0.15, 0.2) is 0 Å². The van der Waals surface area contributed by atoms with Crippen molar-refractivity contribution in [1.82, 2.24) is 4.90 Å². The molecule has 1 heterocycles. The maximum atomic E-state index is 13.1. The zero-order valence-corrected chi connectivity index (χ0v) is 17.6. The average Bonchev–Trinajstić information content (AvgIpc) is 3.26. The first-order valence-electron chi connectivity index (χ1n) is 9.83. The van der Waals surface area contributed by atoms with Crippen molar-refractivity contribution in [2.75, 3.05) is 35.0 Å². The number of rotatable bonds is 8. The fourth-order valence-corrected chi connectivity index (χ4v) is 3.95. The SMILES string of the molecule is COc1ccc(OC)c(CCC(=O)N2CCCC2c2cc(OC)ccc2OC)c1. The number of nitrogens with zero attached hydrogens (tertiary/aromatic N) is 1. The standard InChI is InChI=1S/C23H29NO5/c1-26-17-8-10-21(28-3)16(14-17)7-12-23(25)24-13-5-6-20(24)19-15-18(27-2)9-11-22(19)29-4/h8-11,14-15,20H,5-7,12-13H2,1-4H3. The smallest absolute Gasteiger partial charge is 0.223 e. The molecule has 29 heavy (non-hydrogen) atoms. The van der Waals surface area contributed by atoms with Crippen molar-refractivity contribution in [2.45, 2.75) is 31.7 Å². The van der Waals surface area contributed by atoms with Crippen LogP contribution in [0.3, 0.4) is 0 Å². The Morgan fingerprint density at radius 3 is 2.24 bits per heavy atom. The van der Waals surface area contributed by atoms with Gasteiger partial charge in [-0.3, -0.25) is 4.79 Å². The molecular weight excluding hydrogens is 370 g/mol. The molecule has 0 aliphatic carbocycles. The Bertz CT molecular complexity index is 851. The highest BCUT2D eigenvalue weighted by Crippen LogP contribution is 2.39. The summed E-state index contributed by atoms with van der Waals surface area (Å²) in [6.07, 6.45) is 2.89. The normalized spacial score (nSPS) is 15.9. The van der Waals surface area contributed by atoms with Crippen molar-refractivity contribution in [3.8, 4) is 23.0 Å². The molecule has 156 valence electrons. The van der Waals surface area contributed by atoms with Crippen molar-refractivity contribution >= 4 is 5.91 Å². The fraction of sp³-hybridized carbons (Fsp3) is 0.435. The van der Waals surface area contributed by atoms with Gasteiger partial charge in [0.2, 0.25) is 5.91 Å². The number of amides is 1. The number of carbonyl (C=O) groups excluding carboxylic acids is 1. The maximum absolute atomic E-state index is 13.1. The topological polar surface area (TPSA) is 57.2 Å². The minimum atomic E-state index is -0.000227. The number of likely N-dealkylation sites (tertiary alicyclic amines) is 1. The van der Waals surface area contributed by atoms with Gasteiger partial charge in [0.05, 0.1) is 34.5 Å². The summed E-state index contributed by atoms with van der Waals surface area (Å²) in [6, 6.07) is 11.4. The first kappa shape index (κ1) is 20.8. The van der Waals surface area contributed by atoms with Gasteiger partial charge in [-0.25, -0.2) is 0 Å². The van der Waals surface area contributed by atoms with Gasteiger partial charge in [-0.1, -0.05) is 0 Å². The summed E-state index contributed by atoms with van der Waals surface area (Å²) < 4.78 is 21.7. The van der Waals surface area contributed by atoms with Gasteiger partial charge in [-0.2, -0.15) is 0 Å². The predicted molar refractivity (Wildman–Crippen MR) is 111 cm³/mol. The third-order valence-electron chi connectivity index (χ3n) is 5.46. The number of carbonyl (C=O) groups is 1. The molecule has 1 unspecified atom stereocenters. The van der Waals surface area contributed by atoms with E-state index in [-0.39, 0.29) is 11.9 Å². The summed E-state index contributed by atoms with van der Waals surface area (Å²) in [4.78, 5) is 15.1. The molecule has 1 amide bonds. The Morgan fingerprint density at radius 2 is 1.59 bits per heavy atom. The highest BCUT2D eigenvalue weighted by molar-refractivity contribution is 5.77. The van der Waals surface area contributed by atoms with E-state index in [2.05, 4.69) is 0 Å². The van der Waals surface area contributed by atoms with E-state index in [0.29, 0.717) is 12.8 Å². The van der Waals surface area contributed by atoms with Gasteiger partial charge in [-0.05, 0) is 61.2 Å². The molecule has 0 aromatic heterocycles.